The van der Waals surface area contributed by atoms with E-state index in [-0.39, 0.29) is 24.3 Å². The number of piperazine rings is 1. The first-order chi connectivity index (χ1) is 19.3. The number of aromatic nitrogens is 2. The fourth-order valence-electron chi connectivity index (χ4n) is 5.02. The molecule has 1 atom stereocenters. The van der Waals surface area contributed by atoms with E-state index < -0.39 is 18.6 Å². The largest absolute Gasteiger partial charge is 0.496 e. The number of rotatable bonds is 8. The number of ether oxygens (including phenoxy) is 2. The van der Waals surface area contributed by atoms with E-state index in [0.717, 1.165) is 31.9 Å². The molecule has 5 rings (SSSR count). The second-order valence-corrected chi connectivity index (χ2v) is 9.73. The van der Waals surface area contributed by atoms with Crippen LogP contribution in [0.15, 0.2) is 42.6 Å². The van der Waals surface area contributed by atoms with Crippen molar-refractivity contribution in [1.82, 2.24) is 19.8 Å². The smallest absolute Gasteiger partial charge is 0.287 e. The lowest BCUT2D eigenvalue weighted by Gasteiger charge is -2.34. The van der Waals surface area contributed by atoms with Crippen molar-refractivity contribution in [3.05, 3.63) is 53.7 Å². The number of nitrogens with one attached hydrogen (secondary N) is 1. The molecular formula is C28H31F3N6O3. The highest BCUT2D eigenvalue weighted by atomic mass is 19.3. The molecule has 2 aromatic carbocycles. The van der Waals surface area contributed by atoms with Crippen LogP contribution in [0.5, 0.6) is 11.5 Å². The fraction of sp³-hybridized carbons (Fsp3) is 0.393. The summed E-state index contributed by atoms with van der Waals surface area (Å²) in [7, 11) is 5.10. The average molecular weight is 557 g/mol. The quantitative estimate of drug-likeness (QED) is 0.413. The molecule has 0 spiro atoms. The molecule has 1 amide bonds. The Kier molecular flexibility index (Phi) is 7.97. The van der Waals surface area contributed by atoms with Crippen LogP contribution in [-0.2, 0) is 6.42 Å². The standard InChI is InChI=1S/C28H31F3N6O3/c1-35-10-12-36(13-11-35)19-4-5-21(22(16-19)39-2)34-28-32-8-6-20(33-28)18-14-17-7-9-37(26(31)25(29)30)27(38)24(17)23(15-18)40-3/h4-6,8,14-16,25-26H,7,9-13H2,1-3H3,(H,32,33,34). The minimum atomic E-state index is -3.29. The first-order valence-corrected chi connectivity index (χ1v) is 12.9. The zero-order valence-corrected chi connectivity index (χ0v) is 22.5. The SMILES string of the molecule is COc1cc(N2CCN(C)CC2)ccc1Nc1nccc(-c2cc3c(c(OC)c2)C(=O)N(C(F)C(F)F)CC3)n1. The maximum Gasteiger partial charge on any atom is 0.287 e. The molecule has 3 aromatic rings. The minimum absolute atomic E-state index is 0.0818. The molecule has 1 aromatic heterocycles. The monoisotopic (exact) mass is 556 g/mol. The highest BCUT2D eigenvalue weighted by molar-refractivity contribution is 6.00. The van der Waals surface area contributed by atoms with Crippen molar-refractivity contribution < 1.29 is 27.4 Å². The van der Waals surface area contributed by atoms with E-state index >= 15 is 0 Å². The van der Waals surface area contributed by atoms with Gasteiger partial charge in [-0.05, 0) is 49.4 Å². The summed E-state index contributed by atoms with van der Waals surface area (Å²) in [5.74, 6) is 0.325. The van der Waals surface area contributed by atoms with Gasteiger partial charge in [-0.25, -0.2) is 23.1 Å². The van der Waals surface area contributed by atoms with Crippen molar-refractivity contribution in [2.45, 2.75) is 19.1 Å². The van der Waals surface area contributed by atoms with E-state index in [2.05, 4.69) is 32.1 Å². The van der Waals surface area contributed by atoms with Gasteiger partial charge < -0.3 is 29.5 Å². The number of benzene rings is 2. The normalized spacial score (nSPS) is 16.6. The molecule has 0 saturated carbocycles. The van der Waals surface area contributed by atoms with E-state index in [4.69, 9.17) is 9.47 Å². The van der Waals surface area contributed by atoms with Gasteiger partial charge in [-0.1, -0.05) is 0 Å². The van der Waals surface area contributed by atoms with E-state index in [9.17, 15) is 18.0 Å². The van der Waals surface area contributed by atoms with E-state index in [1.807, 2.05) is 18.2 Å². The number of nitrogens with zero attached hydrogens (tertiary/aromatic N) is 5. The summed E-state index contributed by atoms with van der Waals surface area (Å²) in [4.78, 5) is 27.0. The third kappa shape index (κ3) is 5.48. The zero-order valence-electron chi connectivity index (χ0n) is 22.5. The molecule has 1 N–H and O–H groups in total. The third-order valence-corrected chi connectivity index (χ3v) is 7.26. The number of carbonyl (C=O) groups excluding carboxylic acids is 1. The van der Waals surface area contributed by atoms with Gasteiger partial charge in [0.25, 0.3) is 12.3 Å². The molecule has 1 fully saturated rings. The Morgan fingerprint density at radius 2 is 1.70 bits per heavy atom. The van der Waals surface area contributed by atoms with E-state index in [1.54, 1.807) is 31.5 Å². The average Bonchev–Trinajstić information content (AvgIpc) is 2.97. The summed E-state index contributed by atoms with van der Waals surface area (Å²) in [6.45, 7) is 3.70. The molecule has 3 heterocycles. The van der Waals surface area contributed by atoms with Gasteiger partial charge >= 0.3 is 0 Å². The van der Waals surface area contributed by atoms with Crippen molar-refractivity contribution in [2.24, 2.45) is 0 Å². The molecule has 212 valence electrons. The van der Waals surface area contributed by atoms with Crippen LogP contribution in [0.2, 0.25) is 0 Å². The van der Waals surface area contributed by atoms with Crippen LogP contribution in [-0.4, -0.2) is 92.4 Å². The Balaban J connectivity index is 1.39. The van der Waals surface area contributed by atoms with Crippen molar-refractivity contribution in [1.29, 1.82) is 0 Å². The Labute approximate surface area is 230 Å². The van der Waals surface area contributed by atoms with Crippen LogP contribution in [0.4, 0.5) is 30.5 Å². The minimum Gasteiger partial charge on any atom is -0.496 e. The first-order valence-electron chi connectivity index (χ1n) is 12.9. The van der Waals surface area contributed by atoms with Gasteiger partial charge in [0.05, 0.1) is 31.2 Å². The summed E-state index contributed by atoms with van der Waals surface area (Å²) >= 11 is 0. The second kappa shape index (κ2) is 11.6. The van der Waals surface area contributed by atoms with Crippen LogP contribution in [0, 0.1) is 0 Å². The van der Waals surface area contributed by atoms with Gasteiger partial charge in [-0.15, -0.1) is 0 Å². The van der Waals surface area contributed by atoms with Gasteiger partial charge in [-0.2, -0.15) is 0 Å². The van der Waals surface area contributed by atoms with Crippen LogP contribution in [0.3, 0.4) is 0 Å². The first kappa shape index (κ1) is 27.5. The zero-order chi connectivity index (χ0) is 28.4. The maximum absolute atomic E-state index is 14.0. The van der Waals surface area contributed by atoms with Crippen LogP contribution >= 0.6 is 0 Å². The molecule has 1 saturated heterocycles. The Bertz CT molecular complexity index is 1370. The van der Waals surface area contributed by atoms with Gasteiger partial charge in [-0.3, -0.25) is 4.79 Å². The van der Waals surface area contributed by atoms with E-state index in [0.29, 0.717) is 39.1 Å². The summed E-state index contributed by atoms with van der Waals surface area (Å²) in [6, 6.07) is 11.0. The van der Waals surface area contributed by atoms with Gasteiger partial charge in [0.1, 0.15) is 11.5 Å². The highest BCUT2D eigenvalue weighted by Gasteiger charge is 2.37. The van der Waals surface area contributed by atoms with Gasteiger partial charge in [0.15, 0.2) is 0 Å². The number of anilines is 3. The third-order valence-electron chi connectivity index (χ3n) is 7.26. The number of fused-ring (bicyclic) bond motifs is 1. The topological polar surface area (TPSA) is 83.1 Å². The second-order valence-electron chi connectivity index (χ2n) is 9.73. The lowest BCUT2D eigenvalue weighted by atomic mass is 9.94. The molecule has 9 nitrogen and oxygen atoms in total. The van der Waals surface area contributed by atoms with Crippen molar-refractivity contribution in [3.8, 4) is 22.8 Å². The maximum atomic E-state index is 14.0. The molecule has 12 heteroatoms. The number of halogens is 3. The summed E-state index contributed by atoms with van der Waals surface area (Å²) in [5, 5.41) is 3.22. The Morgan fingerprint density at radius 3 is 2.40 bits per heavy atom. The molecule has 0 bridgehead atoms. The number of carbonyl (C=O) groups is 1. The number of hydrogen-bond acceptors (Lipinski definition) is 8. The number of likely N-dealkylation sites (N-methyl/N-ethyl adjacent to an activating group) is 1. The predicted octanol–water partition coefficient (Wildman–Crippen LogP) is 4.22. The van der Waals surface area contributed by atoms with Crippen LogP contribution in [0.25, 0.3) is 11.3 Å². The fourth-order valence-corrected chi connectivity index (χ4v) is 5.02. The number of methoxy groups -OCH3 is 2. The number of alkyl halides is 3. The lowest BCUT2D eigenvalue weighted by Crippen LogP contribution is -2.46. The van der Waals surface area contributed by atoms with Gasteiger partial charge in [0, 0.05) is 56.2 Å². The lowest BCUT2D eigenvalue weighted by molar-refractivity contribution is -0.0382. The van der Waals surface area contributed by atoms with Crippen molar-refractivity contribution in [2.75, 3.05) is 64.2 Å². The molecule has 2 aliphatic heterocycles. The van der Waals surface area contributed by atoms with Crippen LogP contribution < -0.4 is 19.7 Å². The number of hydrogen-bond donors (Lipinski definition) is 1. The van der Waals surface area contributed by atoms with Crippen LogP contribution in [0.1, 0.15) is 15.9 Å². The highest BCUT2D eigenvalue weighted by Crippen LogP contribution is 2.36. The molecule has 2 aliphatic rings. The van der Waals surface area contributed by atoms with E-state index in [1.165, 1.54) is 7.11 Å². The van der Waals surface area contributed by atoms with Crippen molar-refractivity contribution in [3.63, 3.8) is 0 Å². The Hall–Kier alpha value is -4.06. The summed E-state index contributed by atoms with van der Waals surface area (Å²) in [6.07, 6.45) is -4.16. The summed E-state index contributed by atoms with van der Waals surface area (Å²) < 4.78 is 51.0. The predicted molar refractivity (Wildman–Crippen MR) is 146 cm³/mol. The molecule has 0 radical (unpaired) electrons. The Morgan fingerprint density at radius 1 is 0.950 bits per heavy atom. The molecular weight excluding hydrogens is 525 g/mol. The molecule has 0 aliphatic carbocycles. The summed E-state index contributed by atoms with van der Waals surface area (Å²) in [5.41, 5.74) is 3.63. The molecule has 1 unspecified atom stereocenters. The van der Waals surface area contributed by atoms with Crippen molar-refractivity contribution >= 4 is 23.2 Å². The number of amides is 1. The molecule has 40 heavy (non-hydrogen) atoms. The van der Waals surface area contributed by atoms with Gasteiger partial charge in [0.2, 0.25) is 12.2 Å².